The Hall–Kier alpha value is -2.00. The number of carbonyl (C=O) groups excluding carboxylic acids is 1. The van der Waals surface area contributed by atoms with Crippen molar-refractivity contribution in [1.82, 2.24) is 9.78 Å². The van der Waals surface area contributed by atoms with Crippen molar-refractivity contribution in [3.63, 3.8) is 0 Å². The van der Waals surface area contributed by atoms with Crippen molar-refractivity contribution in [3.05, 3.63) is 44.9 Å². The van der Waals surface area contributed by atoms with Crippen LogP contribution in [-0.4, -0.2) is 40.7 Å². The van der Waals surface area contributed by atoms with Gasteiger partial charge < -0.3 is 0 Å². The second kappa shape index (κ2) is 6.31. The number of aryl methyl sites for hydroxylation is 1. The van der Waals surface area contributed by atoms with Gasteiger partial charge in [0.05, 0.1) is 26.3 Å². The van der Waals surface area contributed by atoms with Crippen LogP contribution in [0, 0.1) is 6.92 Å². The molecule has 0 spiro atoms. The predicted molar refractivity (Wildman–Crippen MR) is 98.1 cm³/mol. The molecule has 1 fully saturated rings. The van der Waals surface area contributed by atoms with Crippen molar-refractivity contribution in [2.24, 2.45) is 7.05 Å². The fourth-order valence-electron chi connectivity index (χ4n) is 3.15. The number of carbonyl (C=O) groups is 1. The maximum atomic E-state index is 13.1. The number of hydrogen-bond acceptors (Lipinski definition) is 5. The molecule has 0 aliphatic heterocycles. The summed E-state index contributed by atoms with van der Waals surface area (Å²) < 4.78 is 37.4. The van der Waals surface area contributed by atoms with Crippen LogP contribution in [0.15, 0.2) is 26.7 Å². The number of rotatable bonds is 5. The lowest BCUT2D eigenvalue weighted by atomic mass is 9.98. The molecule has 26 heavy (non-hydrogen) atoms. The molecule has 3 rings (SSSR count). The van der Waals surface area contributed by atoms with Crippen LogP contribution in [0.2, 0.25) is 0 Å². The third-order valence-corrected chi connectivity index (χ3v) is 6.96. The minimum Gasteiger partial charge on any atom is -0.299 e. The Bertz CT molecular complexity index is 1100. The molecular weight excluding hydrogens is 376 g/mol. The molecule has 1 aromatic heterocycles. The van der Waals surface area contributed by atoms with Gasteiger partial charge in [-0.25, -0.2) is 8.42 Å². The monoisotopic (exact) mass is 396 g/mol. The van der Waals surface area contributed by atoms with Gasteiger partial charge in [-0.15, -0.1) is 0 Å². The molecule has 0 radical (unpaired) electrons. The molecule has 2 aromatic rings. The topological polar surface area (TPSA) is 106 Å². The summed E-state index contributed by atoms with van der Waals surface area (Å²) >= 11 is 0. The van der Waals surface area contributed by atoms with Gasteiger partial charge in [0, 0.05) is 31.0 Å². The maximum absolute atomic E-state index is 13.1. The van der Waals surface area contributed by atoms with Crippen molar-refractivity contribution in [3.8, 4) is 0 Å². The molecule has 1 N–H and O–H groups in total. The Morgan fingerprint density at radius 3 is 2.42 bits per heavy atom. The number of ketones is 1. The van der Waals surface area contributed by atoms with Gasteiger partial charge in [0.2, 0.25) is 5.78 Å². The molecule has 1 heterocycles. The van der Waals surface area contributed by atoms with E-state index in [9.17, 15) is 22.2 Å². The van der Waals surface area contributed by atoms with Crippen LogP contribution in [0.5, 0.6) is 0 Å². The number of H-pyrrole nitrogens is 1. The molecule has 140 valence electrons. The van der Waals surface area contributed by atoms with Crippen LogP contribution in [0.1, 0.15) is 45.9 Å². The highest BCUT2D eigenvalue weighted by atomic mass is 32.2. The zero-order valence-corrected chi connectivity index (χ0v) is 16.6. The van der Waals surface area contributed by atoms with Crippen LogP contribution in [-0.2, 0) is 27.7 Å². The van der Waals surface area contributed by atoms with E-state index in [1.807, 2.05) is 0 Å². The summed E-state index contributed by atoms with van der Waals surface area (Å²) in [6, 6.07) is 2.69. The summed E-state index contributed by atoms with van der Waals surface area (Å²) in [6.07, 6.45) is 4.23. The van der Waals surface area contributed by atoms with Crippen molar-refractivity contribution in [1.29, 1.82) is 0 Å². The highest BCUT2D eigenvalue weighted by Gasteiger charge is 2.34. The molecule has 1 saturated carbocycles. The van der Waals surface area contributed by atoms with E-state index in [0.717, 1.165) is 19.1 Å². The zero-order chi connectivity index (χ0) is 19.4. The third-order valence-electron chi connectivity index (χ3n) is 4.59. The van der Waals surface area contributed by atoms with Gasteiger partial charge in [0.15, 0.2) is 9.84 Å². The second-order valence-corrected chi connectivity index (χ2v) is 9.96. The number of aromatic amines is 1. The van der Waals surface area contributed by atoms with E-state index >= 15 is 0 Å². The van der Waals surface area contributed by atoms with Crippen molar-refractivity contribution in [2.75, 3.05) is 12.5 Å². The zero-order valence-electron chi connectivity index (χ0n) is 15.0. The second-order valence-electron chi connectivity index (χ2n) is 6.66. The average molecular weight is 396 g/mol. The first-order valence-electron chi connectivity index (χ1n) is 8.04. The molecule has 1 aliphatic rings. The van der Waals surface area contributed by atoms with Crippen molar-refractivity contribution < 1.29 is 17.4 Å². The number of nitrogens with zero attached hydrogens (tertiary/aromatic N) is 1. The highest BCUT2D eigenvalue weighted by molar-refractivity contribution is 7.92. The fraction of sp³-hybridized carbons (Fsp3) is 0.412. The summed E-state index contributed by atoms with van der Waals surface area (Å²) in [5, 5.41) is 2.95. The number of benzene rings is 1. The summed E-state index contributed by atoms with van der Waals surface area (Å²) in [5.74, 6) is -0.309. The maximum Gasteiger partial charge on any atom is 0.277 e. The normalized spacial score (nSPS) is 15.8. The quantitative estimate of drug-likeness (QED) is 0.766. The van der Waals surface area contributed by atoms with E-state index in [2.05, 4.69) is 5.10 Å². The van der Waals surface area contributed by atoms with E-state index in [-0.39, 0.29) is 26.8 Å². The molecule has 7 nitrogen and oxygen atoms in total. The van der Waals surface area contributed by atoms with Crippen LogP contribution in [0.3, 0.4) is 0 Å². The first kappa shape index (κ1) is 18.8. The average Bonchev–Trinajstić information content (AvgIpc) is 3.32. The SMILES string of the molecule is Cc1c(C(=O)c2c(C3CC3)[nH]n(C)c2=O)ccc(S(C)(=O)=O)c1S(C)=O. The molecule has 0 amide bonds. The van der Waals surface area contributed by atoms with E-state index in [0.29, 0.717) is 11.3 Å². The van der Waals surface area contributed by atoms with Crippen molar-refractivity contribution in [2.45, 2.75) is 35.5 Å². The van der Waals surface area contributed by atoms with E-state index < -0.39 is 32.0 Å². The van der Waals surface area contributed by atoms with Gasteiger partial charge >= 0.3 is 0 Å². The Labute approximate surface area is 153 Å². The van der Waals surface area contributed by atoms with Crippen LogP contribution in [0.4, 0.5) is 0 Å². The third kappa shape index (κ3) is 3.09. The number of aromatic nitrogens is 2. The highest BCUT2D eigenvalue weighted by Crippen LogP contribution is 2.40. The van der Waals surface area contributed by atoms with Crippen LogP contribution >= 0.6 is 0 Å². The van der Waals surface area contributed by atoms with Gasteiger partial charge in [0.25, 0.3) is 5.56 Å². The smallest absolute Gasteiger partial charge is 0.277 e. The molecular formula is C17H20N2O5S2. The standard InChI is InChI=1S/C17H20N2O5S2/c1-9-11(7-8-12(26(4,23)24)16(9)25(3)22)15(20)13-14(10-5-6-10)18-19(2)17(13)21/h7-8,10,18H,5-6H2,1-4H3. The lowest BCUT2D eigenvalue weighted by Gasteiger charge is -2.13. The van der Waals surface area contributed by atoms with Gasteiger partial charge in [-0.2, -0.15) is 0 Å². The predicted octanol–water partition coefficient (Wildman–Crippen LogP) is 1.27. The molecule has 1 aliphatic carbocycles. The molecule has 0 saturated heterocycles. The lowest BCUT2D eigenvalue weighted by molar-refractivity contribution is 0.103. The van der Waals surface area contributed by atoms with Gasteiger partial charge in [-0.1, -0.05) is 0 Å². The largest absolute Gasteiger partial charge is 0.299 e. The van der Waals surface area contributed by atoms with Gasteiger partial charge in [-0.05, 0) is 37.5 Å². The lowest BCUT2D eigenvalue weighted by Crippen LogP contribution is -2.21. The van der Waals surface area contributed by atoms with E-state index in [1.165, 1.54) is 23.1 Å². The molecule has 9 heteroatoms. The Balaban J connectivity index is 2.23. The van der Waals surface area contributed by atoms with Crippen LogP contribution in [0.25, 0.3) is 0 Å². The summed E-state index contributed by atoms with van der Waals surface area (Å²) in [5.41, 5.74) is 0.805. The number of nitrogens with one attached hydrogen (secondary N) is 1. The summed E-state index contributed by atoms with van der Waals surface area (Å²) in [4.78, 5) is 25.6. The first-order chi connectivity index (χ1) is 12.0. The minimum absolute atomic E-state index is 0.0585. The van der Waals surface area contributed by atoms with Gasteiger partial charge in [0.1, 0.15) is 5.56 Å². The molecule has 1 unspecified atom stereocenters. The van der Waals surface area contributed by atoms with Gasteiger partial charge in [-0.3, -0.25) is 23.6 Å². The first-order valence-corrected chi connectivity index (χ1v) is 11.5. The number of sulfone groups is 1. The van der Waals surface area contributed by atoms with E-state index in [4.69, 9.17) is 0 Å². The van der Waals surface area contributed by atoms with Crippen molar-refractivity contribution >= 4 is 26.4 Å². The number of hydrogen-bond donors (Lipinski definition) is 1. The summed E-state index contributed by atoms with van der Waals surface area (Å²) in [7, 11) is -3.65. The van der Waals surface area contributed by atoms with Crippen LogP contribution < -0.4 is 5.56 Å². The minimum atomic E-state index is -3.60. The Morgan fingerprint density at radius 1 is 1.31 bits per heavy atom. The van der Waals surface area contributed by atoms with E-state index in [1.54, 1.807) is 14.0 Å². The Morgan fingerprint density at radius 2 is 1.92 bits per heavy atom. The fourth-order valence-corrected chi connectivity index (χ4v) is 5.66. The molecule has 0 bridgehead atoms. The summed E-state index contributed by atoms with van der Waals surface area (Å²) in [6.45, 7) is 1.56. The molecule has 1 aromatic carbocycles. The Kier molecular flexibility index (Phi) is 4.56. The molecule has 1 atom stereocenters.